The number of para-hydroxylation sites is 1. The summed E-state index contributed by atoms with van der Waals surface area (Å²) in [6, 6.07) is 14.0. The predicted molar refractivity (Wildman–Crippen MR) is 114 cm³/mol. The number of nitrogens with two attached hydrogens (primary N) is 1. The van der Waals surface area contributed by atoms with Crippen molar-refractivity contribution < 1.29 is 17.9 Å². The molecule has 28 heavy (non-hydrogen) atoms. The predicted octanol–water partition coefficient (Wildman–Crippen LogP) is 2.95. The number of sulfone groups is 1. The van der Waals surface area contributed by atoms with E-state index in [2.05, 4.69) is 0 Å². The van der Waals surface area contributed by atoms with E-state index in [0.29, 0.717) is 43.9 Å². The number of benzene rings is 2. The zero-order valence-corrected chi connectivity index (χ0v) is 17.8. The van der Waals surface area contributed by atoms with Crippen LogP contribution in [0.3, 0.4) is 0 Å². The molecule has 0 fully saturated rings. The van der Waals surface area contributed by atoms with Crippen molar-refractivity contribution >= 4 is 33.8 Å². The fraction of sp³-hybridized carbons (Fsp3) is 0.350. The monoisotopic (exact) mass is 426 g/mol. The van der Waals surface area contributed by atoms with Crippen molar-refractivity contribution in [1.29, 1.82) is 0 Å². The number of aryl methyl sites for hydroxylation is 1. The Hall–Kier alpha value is -2.25. The number of hydrogen-bond donors (Lipinski definition) is 1. The van der Waals surface area contributed by atoms with E-state index < -0.39 is 9.84 Å². The molecular weight excluding hydrogens is 400 g/mol. The Kier molecular flexibility index (Phi) is 9.28. The van der Waals surface area contributed by atoms with E-state index >= 15 is 0 Å². The first-order valence-corrected chi connectivity index (χ1v) is 10.7. The maximum Gasteiger partial charge on any atom is 0.222 e. The Morgan fingerprint density at radius 1 is 1.14 bits per heavy atom. The second-order valence-electron chi connectivity index (χ2n) is 6.46. The summed E-state index contributed by atoms with van der Waals surface area (Å²) in [6.45, 7) is 0.964. The van der Waals surface area contributed by atoms with E-state index in [-0.39, 0.29) is 23.2 Å². The van der Waals surface area contributed by atoms with Crippen molar-refractivity contribution in [2.45, 2.75) is 24.2 Å². The summed E-state index contributed by atoms with van der Waals surface area (Å²) in [5.41, 5.74) is 7.58. The van der Waals surface area contributed by atoms with Gasteiger partial charge >= 0.3 is 0 Å². The van der Waals surface area contributed by atoms with Gasteiger partial charge in [-0.05, 0) is 42.7 Å². The molecule has 0 atom stereocenters. The van der Waals surface area contributed by atoms with Gasteiger partial charge in [0.2, 0.25) is 5.91 Å². The number of halogens is 1. The van der Waals surface area contributed by atoms with Crippen LogP contribution in [0.1, 0.15) is 18.4 Å². The van der Waals surface area contributed by atoms with Crippen molar-refractivity contribution in [2.75, 3.05) is 32.2 Å². The van der Waals surface area contributed by atoms with Crippen LogP contribution in [0.5, 0.6) is 5.75 Å². The summed E-state index contributed by atoms with van der Waals surface area (Å²) in [7, 11) is -1.49. The van der Waals surface area contributed by atoms with Gasteiger partial charge in [0.05, 0.1) is 11.5 Å². The second-order valence-corrected chi connectivity index (χ2v) is 8.48. The van der Waals surface area contributed by atoms with Gasteiger partial charge in [-0.2, -0.15) is 0 Å². The molecule has 0 aliphatic rings. The smallest absolute Gasteiger partial charge is 0.222 e. The first-order chi connectivity index (χ1) is 12.8. The zero-order chi connectivity index (χ0) is 19.9. The van der Waals surface area contributed by atoms with Crippen LogP contribution in [-0.4, -0.2) is 45.7 Å². The van der Waals surface area contributed by atoms with Crippen LogP contribution >= 0.6 is 12.4 Å². The van der Waals surface area contributed by atoms with Crippen molar-refractivity contribution in [1.82, 2.24) is 4.90 Å². The maximum atomic E-state index is 12.2. The van der Waals surface area contributed by atoms with Gasteiger partial charge in [-0.15, -0.1) is 12.4 Å². The minimum Gasteiger partial charge on any atom is -0.493 e. The Bertz CT molecular complexity index is 887. The third kappa shape index (κ3) is 7.40. The number of ether oxygens (including phenoxy) is 1. The molecule has 2 aromatic carbocycles. The lowest BCUT2D eigenvalue weighted by atomic mass is 10.1. The fourth-order valence-electron chi connectivity index (χ4n) is 2.61. The highest BCUT2D eigenvalue weighted by atomic mass is 35.5. The molecular formula is C20H27ClN2O4S. The van der Waals surface area contributed by atoms with Crippen LogP contribution in [0.25, 0.3) is 0 Å². The van der Waals surface area contributed by atoms with E-state index in [4.69, 9.17) is 10.5 Å². The van der Waals surface area contributed by atoms with Crippen LogP contribution < -0.4 is 10.5 Å². The number of rotatable bonds is 9. The number of nitrogen functional groups attached to an aromatic ring is 1. The largest absolute Gasteiger partial charge is 0.493 e. The van der Waals surface area contributed by atoms with Crippen LogP contribution in [0, 0.1) is 0 Å². The normalized spacial score (nSPS) is 10.8. The van der Waals surface area contributed by atoms with Gasteiger partial charge in [-0.25, -0.2) is 8.42 Å². The lowest BCUT2D eigenvalue weighted by Crippen LogP contribution is -2.28. The quantitative estimate of drug-likeness (QED) is 0.491. The highest BCUT2D eigenvalue weighted by Crippen LogP contribution is 2.17. The fourth-order valence-corrected chi connectivity index (χ4v) is 3.26. The summed E-state index contributed by atoms with van der Waals surface area (Å²) in [4.78, 5) is 14.1. The maximum absolute atomic E-state index is 12.2. The second kappa shape index (κ2) is 10.9. The van der Waals surface area contributed by atoms with E-state index in [9.17, 15) is 13.2 Å². The number of hydrogen-bond acceptors (Lipinski definition) is 5. The van der Waals surface area contributed by atoms with Gasteiger partial charge < -0.3 is 15.4 Å². The van der Waals surface area contributed by atoms with E-state index in [1.54, 1.807) is 24.1 Å². The molecule has 8 heteroatoms. The topological polar surface area (TPSA) is 89.7 Å². The first kappa shape index (κ1) is 23.8. The van der Waals surface area contributed by atoms with Gasteiger partial charge in [0.1, 0.15) is 5.75 Å². The Balaban J connectivity index is 0.00000392. The van der Waals surface area contributed by atoms with Gasteiger partial charge in [-0.1, -0.05) is 24.3 Å². The third-order valence-corrected chi connectivity index (χ3v) is 5.34. The average molecular weight is 427 g/mol. The average Bonchev–Trinajstić information content (AvgIpc) is 2.63. The molecule has 2 N–H and O–H groups in total. The molecule has 0 radical (unpaired) electrons. The van der Waals surface area contributed by atoms with E-state index in [1.165, 1.54) is 12.1 Å². The molecule has 154 valence electrons. The lowest BCUT2D eigenvalue weighted by molar-refractivity contribution is -0.129. The van der Waals surface area contributed by atoms with Crippen molar-refractivity contribution in [3.05, 3.63) is 54.1 Å². The van der Waals surface area contributed by atoms with Gasteiger partial charge in [0.25, 0.3) is 0 Å². The molecule has 6 nitrogen and oxygen atoms in total. The SMILES string of the molecule is CN(CCCOc1cccc(S(C)(=O)=O)c1)C(=O)CCc1ccccc1N.Cl. The van der Waals surface area contributed by atoms with Crippen LogP contribution in [0.15, 0.2) is 53.4 Å². The van der Waals surface area contributed by atoms with Gasteiger partial charge in [0.15, 0.2) is 9.84 Å². The summed E-state index contributed by atoms with van der Waals surface area (Å²) in [6.07, 6.45) is 2.83. The molecule has 2 aromatic rings. The first-order valence-electron chi connectivity index (χ1n) is 8.77. The number of carbonyl (C=O) groups is 1. The van der Waals surface area contributed by atoms with Crippen molar-refractivity contribution in [3.8, 4) is 5.75 Å². The van der Waals surface area contributed by atoms with Crippen molar-refractivity contribution in [2.24, 2.45) is 0 Å². The van der Waals surface area contributed by atoms with Gasteiger partial charge in [0, 0.05) is 32.0 Å². The summed E-state index contributed by atoms with van der Waals surface area (Å²) in [5.74, 6) is 0.559. The minimum atomic E-state index is -3.25. The number of amides is 1. The van der Waals surface area contributed by atoms with E-state index in [1.807, 2.05) is 24.3 Å². The molecule has 0 unspecified atom stereocenters. The minimum absolute atomic E-state index is 0. The Labute approximate surface area is 173 Å². The molecule has 0 bridgehead atoms. The number of nitrogens with zero attached hydrogens (tertiary/aromatic N) is 1. The number of carbonyl (C=O) groups excluding carboxylic acids is 1. The molecule has 0 saturated heterocycles. The van der Waals surface area contributed by atoms with Crippen LogP contribution in [0.2, 0.25) is 0 Å². The molecule has 2 rings (SSSR count). The van der Waals surface area contributed by atoms with Gasteiger partial charge in [-0.3, -0.25) is 4.79 Å². The van der Waals surface area contributed by atoms with Crippen LogP contribution in [-0.2, 0) is 21.1 Å². The molecule has 0 aliphatic heterocycles. The molecule has 0 aliphatic carbocycles. The number of anilines is 1. The molecule has 0 aromatic heterocycles. The summed E-state index contributed by atoms with van der Waals surface area (Å²) >= 11 is 0. The van der Waals surface area contributed by atoms with Crippen LogP contribution in [0.4, 0.5) is 5.69 Å². The highest BCUT2D eigenvalue weighted by Gasteiger charge is 2.10. The summed E-state index contributed by atoms with van der Waals surface area (Å²) < 4.78 is 28.7. The summed E-state index contributed by atoms with van der Waals surface area (Å²) in [5, 5.41) is 0. The Morgan fingerprint density at radius 2 is 1.86 bits per heavy atom. The Morgan fingerprint density at radius 3 is 2.54 bits per heavy atom. The molecule has 0 spiro atoms. The third-order valence-electron chi connectivity index (χ3n) is 4.23. The molecule has 0 heterocycles. The van der Waals surface area contributed by atoms with E-state index in [0.717, 1.165) is 11.8 Å². The standard InChI is InChI=1S/C20H26N2O4S.ClH/c1-22(20(23)12-11-16-7-3-4-10-19(16)21)13-6-14-26-17-8-5-9-18(15-17)27(2,24)25;/h3-5,7-10,15H,6,11-14,21H2,1-2H3;1H. The molecule has 1 amide bonds. The lowest BCUT2D eigenvalue weighted by Gasteiger charge is -2.17. The highest BCUT2D eigenvalue weighted by molar-refractivity contribution is 7.90. The van der Waals surface area contributed by atoms with Crippen molar-refractivity contribution in [3.63, 3.8) is 0 Å². The zero-order valence-electron chi connectivity index (χ0n) is 16.1. The molecule has 0 saturated carbocycles.